The van der Waals surface area contributed by atoms with Crippen molar-refractivity contribution in [1.82, 2.24) is 4.90 Å². The first-order valence-electron chi connectivity index (χ1n) is 15.3. The first-order chi connectivity index (χ1) is 25.3. The number of aliphatic hydroxyl groups is 1. The minimum atomic E-state index is -5.08. The summed E-state index contributed by atoms with van der Waals surface area (Å²) < 4.78 is 45.1. The van der Waals surface area contributed by atoms with E-state index in [-0.39, 0.29) is 31.4 Å². The molecule has 2 heterocycles. The van der Waals surface area contributed by atoms with Crippen molar-refractivity contribution in [3.63, 3.8) is 0 Å². The molecule has 0 bridgehead atoms. The van der Waals surface area contributed by atoms with Crippen LogP contribution in [0.1, 0.15) is 16.7 Å². The van der Waals surface area contributed by atoms with Gasteiger partial charge in [-0.25, -0.2) is 4.79 Å². The third-order valence-electron chi connectivity index (χ3n) is 6.13. The first kappa shape index (κ1) is 46.3. The van der Waals surface area contributed by atoms with Crippen LogP contribution < -0.4 is 20.9 Å². The molecule has 5 aromatic rings. The second-order valence-electron chi connectivity index (χ2n) is 10.6. The van der Waals surface area contributed by atoms with E-state index in [2.05, 4.69) is 35.2 Å². The Labute approximate surface area is 315 Å². The largest absolute Gasteiger partial charge is 0.492 e. The van der Waals surface area contributed by atoms with Gasteiger partial charge in [-0.05, 0) is 79.1 Å². The van der Waals surface area contributed by atoms with Gasteiger partial charge in [0.1, 0.15) is 36.4 Å². The Morgan fingerprint density at radius 1 is 0.852 bits per heavy atom. The second-order valence-corrected chi connectivity index (χ2v) is 12.8. The highest BCUT2D eigenvalue weighted by atomic mass is 32.1. The quantitative estimate of drug-likeness (QED) is 0.0476. The Kier molecular flexibility index (Phi) is 19.7. The van der Waals surface area contributed by atoms with Gasteiger partial charge < -0.3 is 46.3 Å². The van der Waals surface area contributed by atoms with Gasteiger partial charge in [0.15, 0.2) is 0 Å². The fourth-order valence-electron chi connectivity index (χ4n) is 3.92. The number of rotatable bonds is 10. The summed E-state index contributed by atoms with van der Waals surface area (Å²) in [6, 6.07) is 24.0. The summed E-state index contributed by atoms with van der Waals surface area (Å²) in [6.07, 6.45) is -5.08. The molecule has 19 heteroatoms. The molecule has 292 valence electrons. The van der Waals surface area contributed by atoms with Crippen LogP contribution in [0.25, 0.3) is 31.3 Å². The summed E-state index contributed by atoms with van der Waals surface area (Å²) in [5.41, 5.74) is 13.3. The Bertz CT molecular complexity index is 2000. The van der Waals surface area contributed by atoms with Crippen LogP contribution in [0, 0.1) is 10.8 Å². The molecule has 0 unspecified atom stereocenters. The Morgan fingerprint density at radius 3 is 1.93 bits per heavy atom. The highest BCUT2D eigenvalue weighted by Gasteiger charge is 2.38. The standard InChI is InChI=1S/C19H21N3OS.C11H12N2O2S.C2HF3O2.C2H4O2.CH2O2/c1-22(2)8-9-23-16-5-3-4-13(11-16)14-6-7-17-15(10-14)12-18(24-17)19(20)21;12-11(13)10-6-7-8(15-5-4-14)2-1-3-9(7)16-10;3-2(4,5)1(6)7;1-2(3)4;2-1-3/h3-7,10-12H,8-9H2,1-2H3,(H3,20,21);1-3,6,14H,4-5H2,(H3,12,13);(H,6,7);1H3,(H,3,4);1H,(H,2,3). The van der Waals surface area contributed by atoms with Gasteiger partial charge in [-0.3, -0.25) is 20.4 Å². The number of likely N-dealkylation sites (N-methyl/N-ethyl adjacent to an activating group) is 1. The van der Waals surface area contributed by atoms with Gasteiger partial charge in [-0.15, -0.1) is 22.7 Å². The molecule has 2 aromatic heterocycles. The molecule has 0 amide bonds. The third-order valence-corrected chi connectivity index (χ3v) is 8.42. The van der Waals surface area contributed by atoms with E-state index >= 15 is 0 Å². The lowest BCUT2D eigenvalue weighted by molar-refractivity contribution is -0.192. The molecule has 0 fully saturated rings. The average molecular weight is 796 g/mol. The van der Waals surface area contributed by atoms with E-state index < -0.39 is 18.1 Å². The number of aliphatic carboxylic acids is 2. The van der Waals surface area contributed by atoms with Crippen LogP contribution in [0.2, 0.25) is 0 Å². The lowest BCUT2D eigenvalue weighted by atomic mass is 10.0. The summed E-state index contributed by atoms with van der Waals surface area (Å²) in [7, 11) is 4.07. The third kappa shape index (κ3) is 16.7. The topological polar surface area (TPSA) is 254 Å². The molecular formula is C35H40F3N5O9S2. The smallest absolute Gasteiger partial charge is 0.490 e. The number of halogens is 3. The van der Waals surface area contributed by atoms with Crippen molar-refractivity contribution in [2.24, 2.45) is 11.5 Å². The molecule has 14 nitrogen and oxygen atoms in total. The molecule has 10 N–H and O–H groups in total. The molecule has 54 heavy (non-hydrogen) atoms. The number of fused-ring (bicyclic) bond motifs is 2. The van der Waals surface area contributed by atoms with Gasteiger partial charge >= 0.3 is 12.1 Å². The summed E-state index contributed by atoms with van der Waals surface area (Å²) in [5.74, 6) is -1.81. The summed E-state index contributed by atoms with van der Waals surface area (Å²) in [6.45, 7) is 2.64. The van der Waals surface area contributed by atoms with E-state index in [0.29, 0.717) is 6.61 Å². The Hall–Kier alpha value is -5.76. The first-order valence-corrected chi connectivity index (χ1v) is 16.9. The number of alkyl halides is 3. The monoisotopic (exact) mass is 795 g/mol. The summed E-state index contributed by atoms with van der Waals surface area (Å²) in [4.78, 5) is 29.9. The Balaban J connectivity index is 0.000000416. The number of hydrogen-bond acceptors (Lipinski definition) is 11. The zero-order valence-corrected chi connectivity index (χ0v) is 30.8. The van der Waals surface area contributed by atoms with Crippen LogP contribution in [0.5, 0.6) is 11.5 Å². The van der Waals surface area contributed by atoms with E-state index in [1.807, 2.05) is 56.6 Å². The number of carboxylic acids is 2. The zero-order chi connectivity index (χ0) is 41.0. The van der Waals surface area contributed by atoms with Crippen molar-refractivity contribution in [1.29, 1.82) is 10.8 Å². The van der Waals surface area contributed by atoms with Crippen LogP contribution in [0.3, 0.4) is 0 Å². The lowest BCUT2D eigenvalue weighted by Gasteiger charge is -2.12. The molecule has 0 saturated heterocycles. The van der Waals surface area contributed by atoms with Gasteiger partial charge in [-0.2, -0.15) is 13.2 Å². The normalized spacial score (nSPS) is 10.2. The second kappa shape index (κ2) is 23.0. The highest BCUT2D eigenvalue weighted by molar-refractivity contribution is 7.21. The van der Waals surface area contributed by atoms with Gasteiger partial charge in [0.25, 0.3) is 12.4 Å². The maximum atomic E-state index is 10.6. The van der Waals surface area contributed by atoms with Crippen LogP contribution in [0.15, 0.2) is 72.8 Å². The van der Waals surface area contributed by atoms with Gasteiger partial charge in [-0.1, -0.05) is 24.3 Å². The molecule has 0 aliphatic rings. The van der Waals surface area contributed by atoms with Crippen molar-refractivity contribution >= 4 is 72.9 Å². The van der Waals surface area contributed by atoms with E-state index in [0.717, 1.165) is 66.0 Å². The maximum Gasteiger partial charge on any atom is 0.490 e. The predicted octanol–water partition coefficient (Wildman–Crippen LogP) is 5.77. The number of benzene rings is 3. The molecule has 0 aliphatic heterocycles. The minimum absolute atomic E-state index is 0.0138. The van der Waals surface area contributed by atoms with Crippen LogP contribution in [-0.4, -0.2) is 102 Å². The summed E-state index contributed by atoms with van der Waals surface area (Å²) in [5, 5.41) is 47.2. The zero-order valence-electron chi connectivity index (χ0n) is 29.2. The molecule has 0 spiro atoms. The van der Waals surface area contributed by atoms with Gasteiger partial charge in [0.2, 0.25) is 0 Å². The van der Waals surface area contributed by atoms with Crippen molar-refractivity contribution in [2.75, 3.05) is 40.5 Å². The molecule has 0 atom stereocenters. The lowest BCUT2D eigenvalue weighted by Crippen LogP contribution is -2.21. The van der Waals surface area contributed by atoms with Crippen LogP contribution >= 0.6 is 22.7 Å². The molecule has 3 aromatic carbocycles. The van der Waals surface area contributed by atoms with Crippen molar-refractivity contribution in [2.45, 2.75) is 13.1 Å². The van der Waals surface area contributed by atoms with E-state index in [1.54, 1.807) is 11.3 Å². The number of amidine groups is 2. The number of carboxylic acid groups (broad SMARTS) is 3. The van der Waals surface area contributed by atoms with Crippen molar-refractivity contribution in [3.05, 3.63) is 82.6 Å². The van der Waals surface area contributed by atoms with E-state index in [1.165, 1.54) is 11.3 Å². The molecule has 0 aliphatic carbocycles. The SMILES string of the molecule is CC(=O)O.CN(C)CCOc1cccc(-c2ccc3sc(C(=N)N)cc3c2)c1.N=C(N)c1cc2c(OCCO)cccc2s1.O=C(O)C(F)(F)F.O=CO. The molecule has 0 radical (unpaired) electrons. The molecular weight excluding hydrogens is 756 g/mol. The number of nitrogens with zero attached hydrogens (tertiary/aromatic N) is 1. The number of aliphatic hydroxyl groups excluding tert-OH is 1. The Morgan fingerprint density at radius 2 is 1.39 bits per heavy atom. The predicted molar refractivity (Wildman–Crippen MR) is 203 cm³/mol. The molecule has 5 rings (SSSR count). The highest BCUT2D eigenvalue weighted by Crippen LogP contribution is 2.33. The maximum absolute atomic E-state index is 10.6. The fraction of sp³-hybridized carbons (Fsp3) is 0.229. The number of nitrogens with two attached hydrogens (primary N) is 2. The van der Waals surface area contributed by atoms with E-state index in [9.17, 15) is 13.2 Å². The van der Waals surface area contributed by atoms with Gasteiger partial charge in [0, 0.05) is 28.3 Å². The summed E-state index contributed by atoms with van der Waals surface area (Å²) >= 11 is 3.01. The number of ether oxygens (including phenoxy) is 2. The van der Waals surface area contributed by atoms with Crippen molar-refractivity contribution < 1.29 is 57.5 Å². The number of nitrogens with one attached hydrogen (secondary N) is 2. The van der Waals surface area contributed by atoms with E-state index in [4.69, 9.17) is 66.6 Å². The number of nitrogen functional groups attached to an aromatic ring is 2. The average Bonchev–Trinajstić information content (AvgIpc) is 3.73. The number of thiophene rings is 2. The number of carbonyl (C=O) groups is 3. The minimum Gasteiger partial charge on any atom is -0.492 e. The van der Waals surface area contributed by atoms with Crippen LogP contribution in [-0.2, 0) is 14.4 Å². The fourth-order valence-corrected chi connectivity index (χ4v) is 5.76. The molecule has 0 saturated carbocycles. The van der Waals surface area contributed by atoms with Gasteiger partial charge in [0.05, 0.1) is 16.4 Å². The van der Waals surface area contributed by atoms with Crippen LogP contribution in [0.4, 0.5) is 13.2 Å². The van der Waals surface area contributed by atoms with Crippen molar-refractivity contribution in [3.8, 4) is 22.6 Å². The number of hydrogen-bond donors (Lipinski definition) is 8.